The number of nitrogens with zero attached hydrogens (tertiary/aromatic N) is 2. The van der Waals surface area contributed by atoms with E-state index >= 15 is 0 Å². The topological polar surface area (TPSA) is 6.48 Å². The van der Waals surface area contributed by atoms with E-state index in [2.05, 4.69) is 180 Å². The Hall–Kier alpha value is -5.86. The highest BCUT2D eigenvalue weighted by molar-refractivity contribution is 5.85. The fraction of sp³-hybridized carbons (Fsp3) is 0.192. The van der Waals surface area contributed by atoms with E-state index in [1.807, 2.05) is 0 Å². The maximum atomic E-state index is 2.49. The fourth-order valence-electron chi connectivity index (χ4n) is 10.5. The number of fused-ring (bicyclic) bond motifs is 10. The Labute approximate surface area is 319 Å². The minimum Gasteiger partial charge on any atom is -0.310 e. The van der Waals surface area contributed by atoms with Crippen molar-refractivity contribution in [1.82, 2.24) is 0 Å². The van der Waals surface area contributed by atoms with Crippen molar-refractivity contribution in [3.8, 4) is 22.3 Å². The monoisotopic (exact) mass is 696 g/mol. The predicted molar refractivity (Wildman–Crippen MR) is 225 cm³/mol. The molecule has 11 rings (SSSR count). The Balaban J connectivity index is 0.993. The normalized spacial score (nSPS) is 20.1. The first-order valence-corrected chi connectivity index (χ1v) is 20.0. The maximum Gasteiger partial charge on any atom is 0.0482 e. The third-order valence-electron chi connectivity index (χ3n) is 13.0. The van der Waals surface area contributed by atoms with Gasteiger partial charge in [-0.25, -0.2) is 0 Å². The number of benzene rings is 7. The highest BCUT2D eigenvalue weighted by Crippen LogP contribution is 2.55. The Morgan fingerprint density at radius 1 is 0.278 bits per heavy atom. The smallest absolute Gasteiger partial charge is 0.0482 e. The van der Waals surface area contributed by atoms with Gasteiger partial charge in [0.25, 0.3) is 0 Å². The van der Waals surface area contributed by atoms with Crippen LogP contribution in [0.5, 0.6) is 0 Å². The minimum atomic E-state index is 0.744. The highest BCUT2D eigenvalue weighted by Gasteiger charge is 2.37. The number of hydrogen-bond donors (Lipinski definition) is 0. The predicted octanol–water partition coefficient (Wildman–Crippen LogP) is 14.7. The molecule has 0 amide bonds. The van der Waals surface area contributed by atoms with Crippen molar-refractivity contribution >= 4 is 34.1 Å². The second-order valence-corrected chi connectivity index (χ2v) is 16.1. The van der Waals surface area contributed by atoms with E-state index in [1.165, 1.54) is 60.8 Å². The molecule has 4 aliphatic carbocycles. The number of hydrogen-bond acceptors (Lipinski definition) is 2. The van der Waals surface area contributed by atoms with Gasteiger partial charge >= 0.3 is 0 Å². The summed E-state index contributed by atoms with van der Waals surface area (Å²) in [5.74, 6) is 3.04. The lowest BCUT2D eigenvalue weighted by Crippen LogP contribution is -2.13. The average Bonchev–Trinajstić information content (AvgIpc) is 4.06. The molecule has 0 N–H and O–H groups in total. The van der Waals surface area contributed by atoms with Crippen molar-refractivity contribution in [2.75, 3.05) is 9.80 Å². The Bertz CT molecular complexity index is 2330. The van der Waals surface area contributed by atoms with Crippen LogP contribution in [0.15, 0.2) is 170 Å². The zero-order chi connectivity index (χ0) is 35.6. The molecule has 0 radical (unpaired) electrons. The molecule has 4 bridgehead atoms. The zero-order valence-corrected chi connectivity index (χ0v) is 30.6. The number of anilines is 6. The van der Waals surface area contributed by atoms with Gasteiger partial charge in [-0.2, -0.15) is 0 Å². The van der Waals surface area contributed by atoms with Crippen molar-refractivity contribution in [1.29, 1.82) is 0 Å². The summed E-state index contributed by atoms with van der Waals surface area (Å²) >= 11 is 0. The molecule has 2 heteroatoms. The molecule has 0 spiro atoms. The van der Waals surface area contributed by atoms with Crippen LogP contribution in [0.4, 0.5) is 34.1 Å². The molecule has 7 aromatic rings. The molecule has 7 aromatic carbocycles. The Morgan fingerprint density at radius 2 is 0.630 bits per heavy atom. The molecule has 262 valence electrons. The third-order valence-corrected chi connectivity index (χ3v) is 13.0. The number of para-hydroxylation sites is 2. The van der Waals surface area contributed by atoms with Crippen molar-refractivity contribution in [2.45, 2.75) is 62.2 Å². The second kappa shape index (κ2) is 12.9. The largest absolute Gasteiger partial charge is 0.310 e. The molecule has 4 unspecified atom stereocenters. The van der Waals surface area contributed by atoms with E-state index in [0.29, 0.717) is 0 Å². The van der Waals surface area contributed by atoms with Gasteiger partial charge in [-0.15, -0.1) is 0 Å². The van der Waals surface area contributed by atoms with Crippen LogP contribution in [-0.2, 0) is 0 Å². The van der Waals surface area contributed by atoms with E-state index in [9.17, 15) is 0 Å². The first kappa shape index (κ1) is 31.6. The average molecular weight is 697 g/mol. The molecule has 0 aromatic heterocycles. The molecule has 2 saturated carbocycles. The van der Waals surface area contributed by atoms with Gasteiger partial charge in [0.2, 0.25) is 0 Å². The maximum absolute atomic E-state index is 2.49. The van der Waals surface area contributed by atoms with Crippen molar-refractivity contribution in [3.63, 3.8) is 0 Å². The molecule has 4 aliphatic rings. The zero-order valence-electron chi connectivity index (χ0n) is 30.6. The molecule has 0 heterocycles. The first-order valence-electron chi connectivity index (χ1n) is 20.0. The van der Waals surface area contributed by atoms with Gasteiger partial charge in [0.1, 0.15) is 0 Å². The van der Waals surface area contributed by atoms with Crippen molar-refractivity contribution < 1.29 is 0 Å². The van der Waals surface area contributed by atoms with Crippen LogP contribution in [0, 0.1) is 0 Å². The van der Waals surface area contributed by atoms with Crippen LogP contribution in [0.2, 0.25) is 0 Å². The van der Waals surface area contributed by atoms with Gasteiger partial charge in [0.15, 0.2) is 0 Å². The van der Waals surface area contributed by atoms with Crippen LogP contribution in [0.25, 0.3) is 22.3 Å². The highest BCUT2D eigenvalue weighted by atomic mass is 15.2. The minimum absolute atomic E-state index is 0.744. The summed E-state index contributed by atoms with van der Waals surface area (Å²) in [6, 6.07) is 63.4. The van der Waals surface area contributed by atoms with Crippen LogP contribution in [0.1, 0.15) is 84.5 Å². The van der Waals surface area contributed by atoms with E-state index in [4.69, 9.17) is 0 Å². The molecular weight excluding hydrogens is 653 g/mol. The van der Waals surface area contributed by atoms with Gasteiger partial charge in [0, 0.05) is 34.1 Å². The standard InChI is InChI=1S/C52H44N2/c1-3-12-43(13-4-1)53(45-16-7-10-35(30-45)37-24-26-49-39-20-22-41(28-39)51(49)32-37)47-18-9-19-48(34-47)54(44-14-5-2-6-15-44)46-17-8-11-36(31-46)38-25-27-50-40-21-23-42(29-40)52(50)33-38/h1-19,24-27,30-34,39-42H,20-23,28-29H2. The van der Waals surface area contributed by atoms with Crippen molar-refractivity contribution in [3.05, 3.63) is 192 Å². The summed E-state index contributed by atoms with van der Waals surface area (Å²) in [5.41, 5.74) is 18.3. The van der Waals surface area contributed by atoms with Crippen LogP contribution in [-0.4, -0.2) is 0 Å². The summed E-state index contributed by atoms with van der Waals surface area (Å²) in [5, 5.41) is 0. The van der Waals surface area contributed by atoms with Gasteiger partial charge in [-0.1, -0.05) is 103 Å². The van der Waals surface area contributed by atoms with E-state index in [0.717, 1.165) is 57.8 Å². The van der Waals surface area contributed by atoms with Gasteiger partial charge in [-0.3, -0.25) is 0 Å². The van der Waals surface area contributed by atoms with Crippen LogP contribution in [0.3, 0.4) is 0 Å². The van der Waals surface area contributed by atoms with E-state index < -0.39 is 0 Å². The molecular formula is C52H44N2. The molecule has 0 aliphatic heterocycles. The fourth-order valence-corrected chi connectivity index (χ4v) is 10.5. The van der Waals surface area contributed by atoms with Gasteiger partial charge in [0.05, 0.1) is 0 Å². The molecule has 2 nitrogen and oxygen atoms in total. The van der Waals surface area contributed by atoms with Gasteiger partial charge in [-0.05, 0) is 173 Å². The lowest BCUT2D eigenvalue weighted by atomic mass is 9.89. The van der Waals surface area contributed by atoms with Crippen LogP contribution < -0.4 is 9.80 Å². The first-order chi connectivity index (χ1) is 26.7. The summed E-state index contributed by atoms with van der Waals surface area (Å²) in [4.78, 5) is 4.81. The molecule has 2 fully saturated rings. The summed E-state index contributed by atoms with van der Waals surface area (Å²) < 4.78 is 0. The third kappa shape index (κ3) is 5.38. The van der Waals surface area contributed by atoms with Crippen LogP contribution >= 0.6 is 0 Å². The number of rotatable bonds is 8. The summed E-state index contributed by atoms with van der Waals surface area (Å²) in [6.07, 6.45) is 8.10. The molecule has 0 saturated heterocycles. The molecule has 4 atom stereocenters. The molecule has 54 heavy (non-hydrogen) atoms. The lowest BCUT2D eigenvalue weighted by Gasteiger charge is -2.30. The van der Waals surface area contributed by atoms with Crippen molar-refractivity contribution in [2.24, 2.45) is 0 Å². The van der Waals surface area contributed by atoms with E-state index in [-0.39, 0.29) is 0 Å². The second-order valence-electron chi connectivity index (χ2n) is 16.1. The summed E-state index contributed by atoms with van der Waals surface area (Å²) in [7, 11) is 0. The van der Waals surface area contributed by atoms with Gasteiger partial charge < -0.3 is 9.80 Å². The Kier molecular flexibility index (Phi) is 7.57. The Morgan fingerprint density at radius 3 is 1.07 bits per heavy atom. The summed E-state index contributed by atoms with van der Waals surface area (Å²) in [6.45, 7) is 0. The SMILES string of the molecule is c1ccc(N(c2cccc(-c3ccc4c(c3)C3CCC4C3)c2)c2cccc(N(c3ccccc3)c3cccc(-c4ccc5c(c4)C4CCC5C4)c3)c2)cc1. The lowest BCUT2D eigenvalue weighted by molar-refractivity contribution is 0.718. The quantitative estimate of drug-likeness (QED) is 0.156. The van der Waals surface area contributed by atoms with E-state index in [1.54, 1.807) is 22.3 Å².